The van der Waals surface area contributed by atoms with Gasteiger partial charge >= 0.3 is 0 Å². The first-order chi connectivity index (χ1) is 15.8. The molecule has 0 radical (unpaired) electrons. The molecule has 0 atom stereocenters. The van der Waals surface area contributed by atoms with E-state index in [-0.39, 0.29) is 0 Å². The Balaban J connectivity index is 1.35. The lowest BCUT2D eigenvalue weighted by atomic mass is 9.97. The van der Waals surface area contributed by atoms with Gasteiger partial charge in [-0.3, -0.25) is 0 Å². The van der Waals surface area contributed by atoms with Gasteiger partial charge in [-0.2, -0.15) is 0 Å². The predicted octanol–water partition coefficient (Wildman–Crippen LogP) is 5.80. The first kappa shape index (κ1) is 20.5. The quantitative estimate of drug-likeness (QED) is 0.224. The summed E-state index contributed by atoms with van der Waals surface area (Å²) < 4.78 is 0. The van der Waals surface area contributed by atoms with Crippen molar-refractivity contribution in [3.63, 3.8) is 0 Å². The molecule has 0 saturated carbocycles. The number of anilines is 1. The molecule has 1 aliphatic rings. The lowest BCUT2D eigenvalue weighted by Crippen LogP contribution is -2.29. The second-order valence-electron chi connectivity index (χ2n) is 8.03. The maximum Gasteiger partial charge on any atom is 0.170 e. The molecule has 0 aliphatic heterocycles. The summed E-state index contributed by atoms with van der Waals surface area (Å²) in [4.78, 5) is 16.3. The fourth-order valence-corrected chi connectivity index (χ4v) is 4.33. The molecule has 162 valence electrons. The van der Waals surface area contributed by atoms with Gasteiger partial charge in [-0.15, -0.1) is 0 Å². The van der Waals surface area contributed by atoms with E-state index in [1.165, 1.54) is 25.7 Å². The van der Waals surface area contributed by atoms with Gasteiger partial charge < -0.3 is 20.6 Å². The number of hydrogen-bond acceptors (Lipinski definition) is 3. The van der Waals surface area contributed by atoms with Crippen LogP contribution in [0.15, 0.2) is 66.5 Å². The highest BCUT2D eigenvalue weighted by Crippen LogP contribution is 2.30. The fourth-order valence-electron chi connectivity index (χ4n) is 4.11. The van der Waals surface area contributed by atoms with Gasteiger partial charge in [0.15, 0.2) is 5.11 Å². The number of fused-ring (bicyclic) bond motifs is 1. The first-order valence-corrected chi connectivity index (χ1v) is 11.5. The van der Waals surface area contributed by atoms with Crippen LogP contribution in [0.5, 0.6) is 0 Å². The van der Waals surface area contributed by atoms with E-state index in [0.29, 0.717) is 5.11 Å². The number of thiocarbonyl (C=S) groups is 1. The van der Waals surface area contributed by atoms with Gasteiger partial charge in [-0.25, -0.2) is 9.97 Å². The molecule has 0 amide bonds. The molecule has 0 fully saturated rings. The van der Waals surface area contributed by atoms with Crippen molar-refractivity contribution in [1.29, 1.82) is 0 Å². The number of rotatable bonds is 6. The van der Waals surface area contributed by atoms with Crippen molar-refractivity contribution in [2.45, 2.75) is 32.1 Å². The molecular formula is C25H26N6S. The number of nitrogens with one attached hydrogen (secondary N) is 4. The number of hydrogen-bond donors (Lipinski definition) is 4. The molecular weight excluding hydrogens is 416 g/mol. The Kier molecular flexibility index (Phi) is 5.98. The van der Waals surface area contributed by atoms with Crippen molar-refractivity contribution in [3.05, 3.63) is 66.5 Å². The normalized spacial score (nSPS) is 13.7. The molecule has 7 heteroatoms. The van der Waals surface area contributed by atoms with Gasteiger partial charge in [0.05, 0.1) is 22.4 Å². The molecule has 0 unspecified atom stereocenters. The molecule has 5 rings (SSSR count). The third kappa shape index (κ3) is 4.57. The molecule has 1 aliphatic carbocycles. The molecule has 0 spiro atoms. The third-order valence-electron chi connectivity index (χ3n) is 5.74. The Morgan fingerprint density at radius 2 is 1.69 bits per heavy atom. The van der Waals surface area contributed by atoms with Gasteiger partial charge in [0, 0.05) is 24.6 Å². The van der Waals surface area contributed by atoms with Crippen LogP contribution in [0.3, 0.4) is 0 Å². The first-order valence-electron chi connectivity index (χ1n) is 11.1. The minimum atomic E-state index is 0.626. The van der Waals surface area contributed by atoms with Crippen LogP contribution in [-0.4, -0.2) is 31.6 Å². The standard InChI is InChI=1S/C25H26N6S/c32-25(28-15-12-17-6-2-1-3-7-17)29-18-10-11-19-22(16-18)31-24(21-9-5-14-27-21)23(30-19)20-8-4-13-26-20/h4-6,8-11,13-14,16,26-27H,1-3,7,12,15H2,(H2,28,29,32). The summed E-state index contributed by atoms with van der Waals surface area (Å²) in [7, 11) is 0. The number of benzene rings is 1. The van der Waals surface area contributed by atoms with Crippen molar-refractivity contribution < 1.29 is 0 Å². The summed E-state index contributed by atoms with van der Waals surface area (Å²) in [6, 6.07) is 13.9. The van der Waals surface area contributed by atoms with E-state index in [1.807, 2.05) is 54.9 Å². The van der Waals surface area contributed by atoms with Crippen molar-refractivity contribution in [2.75, 3.05) is 11.9 Å². The predicted molar refractivity (Wildman–Crippen MR) is 135 cm³/mol. The Labute approximate surface area is 192 Å². The monoisotopic (exact) mass is 442 g/mol. The highest BCUT2D eigenvalue weighted by molar-refractivity contribution is 7.80. The number of aromatic nitrogens is 4. The van der Waals surface area contributed by atoms with Crippen LogP contribution in [-0.2, 0) is 0 Å². The molecule has 32 heavy (non-hydrogen) atoms. The van der Waals surface area contributed by atoms with E-state index >= 15 is 0 Å². The van der Waals surface area contributed by atoms with Gasteiger partial charge in [-0.05, 0) is 86.8 Å². The van der Waals surface area contributed by atoms with Crippen LogP contribution in [0.1, 0.15) is 32.1 Å². The van der Waals surface area contributed by atoms with Gasteiger partial charge in [-0.1, -0.05) is 11.6 Å². The number of allylic oxidation sites excluding steroid dienone is 1. The van der Waals surface area contributed by atoms with Crippen LogP contribution in [0.25, 0.3) is 33.8 Å². The van der Waals surface area contributed by atoms with Crippen LogP contribution >= 0.6 is 12.2 Å². The van der Waals surface area contributed by atoms with E-state index in [9.17, 15) is 0 Å². The summed E-state index contributed by atoms with van der Waals surface area (Å²) in [5.74, 6) is 0. The van der Waals surface area contributed by atoms with Gasteiger partial charge in [0.1, 0.15) is 11.4 Å². The Bertz CT molecular complexity index is 1240. The van der Waals surface area contributed by atoms with Crippen molar-refractivity contribution in [3.8, 4) is 22.8 Å². The highest BCUT2D eigenvalue weighted by atomic mass is 32.1. The zero-order valence-corrected chi connectivity index (χ0v) is 18.6. The van der Waals surface area contributed by atoms with E-state index in [4.69, 9.17) is 22.2 Å². The van der Waals surface area contributed by atoms with Gasteiger partial charge in [0.25, 0.3) is 0 Å². The second-order valence-corrected chi connectivity index (χ2v) is 8.44. The van der Waals surface area contributed by atoms with Crippen molar-refractivity contribution in [1.82, 2.24) is 25.3 Å². The topological polar surface area (TPSA) is 81.4 Å². The molecule has 3 heterocycles. The number of nitrogens with zero attached hydrogens (tertiary/aromatic N) is 2. The highest BCUT2D eigenvalue weighted by Gasteiger charge is 2.15. The lowest BCUT2D eigenvalue weighted by Gasteiger charge is -2.15. The lowest BCUT2D eigenvalue weighted by molar-refractivity contribution is 0.669. The molecule has 4 aromatic rings. The SMILES string of the molecule is S=C(NCCC1=CCCCC1)Nc1ccc2nc(-c3ccc[nH]3)c(-c3ccc[nH]3)nc2c1. The van der Waals surface area contributed by atoms with E-state index in [1.54, 1.807) is 5.57 Å². The smallest absolute Gasteiger partial charge is 0.170 e. The van der Waals surface area contributed by atoms with Crippen molar-refractivity contribution in [2.24, 2.45) is 0 Å². The summed E-state index contributed by atoms with van der Waals surface area (Å²) in [6.07, 6.45) is 12.3. The van der Waals surface area contributed by atoms with Crippen molar-refractivity contribution >= 4 is 34.1 Å². The number of aromatic amines is 2. The van der Waals surface area contributed by atoms with Crippen LogP contribution < -0.4 is 10.6 Å². The summed E-state index contributed by atoms with van der Waals surface area (Å²) in [5.41, 5.74) is 7.57. The molecule has 6 nitrogen and oxygen atoms in total. The molecule has 3 aromatic heterocycles. The maximum atomic E-state index is 5.50. The van der Waals surface area contributed by atoms with Crippen LogP contribution in [0.2, 0.25) is 0 Å². The van der Waals surface area contributed by atoms with Crippen LogP contribution in [0.4, 0.5) is 5.69 Å². The van der Waals surface area contributed by atoms with E-state index in [2.05, 4.69) is 26.7 Å². The largest absolute Gasteiger partial charge is 0.362 e. The Morgan fingerprint density at radius 1 is 0.938 bits per heavy atom. The molecule has 4 N–H and O–H groups in total. The van der Waals surface area contributed by atoms with Crippen LogP contribution in [0, 0.1) is 0 Å². The fraction of sp³-hybridized carbons (Fsp3) is 0.240. The maximum absolute atomic E-state index is 5.50. The molecule has 1 aromatic carbocycles. The zero-order valence-electron chi connectivity index (χ0n) is 17.8. The molecule has 0 saturated heterocycles. The minimum Gasteiger partial charge on any atom is -0.362 e. The summed E-state index contributed by atoms with van der Waals surface area (Å²) in [6.45, 7) is 0.849. The second kappa shape index (κ2) is 9.36. The average Bonchev–Trinajstić information content (AvgIpc) is 3.53. The van der Waals surface area contributed by atoms with E-state index < -0.39 is 0 Å². The zero-order chi connectivity index (χ0) is 21.8. The Hall–Kier alpha value is -3.45. The number of H-pyrrole nitrogens is 2. The third-order valence-corrected chi connectivity index (χ3v) is 5.99. The average molecular weight is 443 g/mol. The summed E-state index contributed by atoms with van der Waals surface area (Å²) >= 11 is 5.50. The molecule has 0 bridgehead atoms. The van der Waals surface area contributed by atoms with E-state index in [0.717, 1.165) is 52.5 Å². The summed E-state index contributed by atoms with van der Waals surface area (Å²) in [5, 5.41) is 7.24. The minimum absolute atomic E-state index is 0.626. The Morgan fingerprint density at radius 3 is 2.34 bits per heavy atom. The van der Waals surface area contributed by atoms with Gasteiger partial charge in [0.2, 0.25) is 0 Å².